The molecule has 0 spiro atoms. The van der Waals surface area contributed by atoms with Crippen molar-refractivity contribution in [3.05, 3.63) is 34.9 Å². The van der Waals surface area contributed by atoms with Crippen LogP contribution in [0.5, 0.6) is 0 Å². The minimum Gasteiger partial charge on any atom is -0.349 e. The van der Waals surface area contributed by atoms with Gasteiger partial charge in [-0.25, -0.2) is 0 Å². The molecular formula is C14H19ClN2O. The molecule has 0 radical (unpaired) electrons. The van der Waals surface area contributed by atoms with Crippen LogP contribution in [0.25, 0.3) is 0 Å². The predicted octanol–water partition coefficient (Wildman–Crippen LogP) is 2.52. The van der Waals surface area contributed by atoms with E-state index in [1.807, 2.05) is 31.2 Å². The summed E-state index contributed by atoms with van der Waals surface area (Å²) < 4.78 is 0. The van der Waals surface area contributed by atoms with E-state index in [0.717, 1.165) is 31.5 Å². The zero-order valence-corrected chi connectivity index (χ0v) is 11.3. The van der Waals surface area contributed by atoms with E-state index >= 15 is 0 Å². The Morgan fingerprint density at radius 1 is 1.50 bits per heavy atom. The van der Waals surface area contributed by atoms with E-state index in [4.69, 9.17) is 11.6 Å². The summed E-state index contributed by atoms with van der Waals surface area (Å²) in [5.41, 5.74) is 0.969. The van der Waals surface area contributed by atoms with Gasteiger partial charge < -0.3 is 10.6 Å². The summed E-state index contributed by atoms with van der Waals surface area (Å²) in [6, 6.07) is 7.58. The van der Waals surface area contributed by atoms with Crippen LogP contribution in [0.1, 0.15) is 31.4 Å². The maximum atomic E-state index is 12.1. The summed E-state index contributed by atoms with van der Waals surface area (Å²) in [7, 11) is 0. The van der Waals surface area contributed by atoms with Crippen molar-refractivity contribution in [1.82, 2.24) is 10.6 Å². The van der Waals surface area contributed by atoms with Crippen molar-refractivity contribution in [3.63, 3.8) is 0 Å². The molecule has 1 saturated heterocycles. The summed E-state index contributed by atoms with van der Waals surface area (Å²) in [6.07, 6.45) is 2.03. The largest absolute Gasteiger partial charge is 0.349 e. The third-order valence-electron chi connectivity index (χ3n) is 3.40. The molecule has 1 amide bonds. The molecule has 0 saturated carbocycles. The first-order chi connectivity index (χ1) is 8.68. The second-order valence-electron chi connectivity index (χ2n) is 4.80. The molecule has 0 aromatic heterocycles. The fraction of sp³-hybridized carbons (Fsp3) is 0.500. The van der Waals surface area contributed by atoms with E-state index in [-0.39, 0.29) is 17.9 Å². The van der Waals surface area contributed by atoms with Crippen molar-refractivity contribution >= 4 is 17.5 Å². The van der Waals surface area contributed by atoms with E-state index in [1.165, 1.54) is 0 Å². The van der Waals surface area contributed by atoms with E-state index in [2.05, 4.69) is 10.6 Å². The molecule has 2 rings (SSSR count). The van der Waals surface area contributed by atoms with Crippen LogP contribution in [0.2, 0.25) is 5.02 Å². The van der Waals surface area contributed by atoms with Gasteiger partial charge in [0.25, 0.3) is 0 Å². The van der Waals surface area contributed by atoms with E-state index < -0.39 is 0 Å². The Kier molecular flexibility index (Phi) is 4.61. The summed E-state index contributed by atoms with van der Waals surface area (Å²) in [6.45, 7) is 3.76. The Hall–Kier alpha value is -1.06. The molecule has 1 aliphatic heterocycles. The lowest BCUT2D eigenvalue weighted by molar-refractivity contribution is -0.126. The van der Waals surface area contributed by atoms with Crippen molar-refractivity contribution in [1.29, 1.82) is 0 Å². The van der Waals surface area contributed by atoms with Gasteiger partial charge in [-0.3, -0.25) is 4.79 Å². The SMILES string of the molecule is C[C@H](NC(=O)C1CCCNC1)c1ccccc1Cl. The summed E-state index contributed by atoms with van der Waals surface area (Å²) in [5.74, 6) is 0.207. The van der Waals surface area contributed by atoms with Gasteiger partial charge in [0.2, 0.25) is 5.91 Å². The number of rotatable bonds is 3. The third-order valence-corrected chi connectivity index (χ3v) is 3.74. The molecule has 1 heterocycles. The van der Waals surface area contributed by atoms with Gasteiger partial charge in [-0.05, 0) is 37.9 Å². The normalized spacial score (nSPS) is 21.3. The standard InChI is InChI=1S/C14H19ClN2O/c1-10(12-6-2-3-7-13(12)15)17-14(18)11-5-4-8-16-9-11/h2-3,6-7,10-11,16H,4-5,8-9H2,1H3,(H,17,18)/t10-,11?/m0/s1. The van der Waals surface area contributed by atoms with Crippen molar-refractivity contribution < 1.29 is 4.79 Å². The maximum Gasteiger partial charge on any atom is 0.224 e. The zero-order valence-electron chi connectivity index (χ0n) is 10.6. The van der Waals surface area contributed by atoms with Crippen molar-refractivity contribution in [2.45, 2.75) is 25.8 Å². The lowest BCUT2D eigenvalue weighted by atomic mass is 9.98. The predicted molar refractivity (Wildman–Crippen MR) is 73.6 cm³/mol. The van der Waals surface area contributed by atoms with Crippen LogP contribution in [0.15, 0.2) is 24.3 Å². The van der Waals surface area contributed by atoms with Gasteiger partial charge >= 0.3 is 0 Å². The molecule has 0 bridgehead atoms. The van der Waals surface area contributed by atoms with E-state index in [9.17, 15) is 4.79 Å². The second-order valence-corrected chi connectivity index (χ2v) is 5.20. The average molecular weight is 267 g/mol. The molecule has 18 heavy (non-hydrogen) atoms. The molecule has 98 valence electrons. The number of amides is 1. The van der Waals surface area contributed by atoms with Crippen molar-refractivity contribution in [2.24, 2.45) is 5.92 Å². The minimum atomic E-state index is -0.0480. The van der Waals surface area contributed by atoms with Crippen molar-refractivity contribution in [2.75, 3.05) is 13.1 Å². The fourth-order valence-electron chi connectivity index (χ4n) is 2.31. The smallest absolute Gasteiger partial charge is 0.224 e. The number of benzene rings is 1. The Labute approximate surface area is 113 Å². The molecular weight excluding hydrogens is 248 g/mol. The van der Waals surface area contributed by atoms with Crippen molar-refractivity contribution in [3.8, 4) is 0 Å². The Balaban J connectivity index is 1.96. The van der Waals surface area contributed by atoms with E-state index in [1.54, 1.807) is 0 Å². The molecule has 3 nitrogen and oxygen atoms in total. The number of carbonyl (C=O) groups is 1. The number of hydrogen-bond acceptors (Lipinski definition) is 2. The lowest BCUT2D eigenvalue weighted by Gasteiger charge is -2.24. The first-order valence-electron chi connectivity index (χ1n) is 6.44. The monoisotopic (exact) mass is 266 g/mol. The third kappa shape index (κ3) is 3.24. The van der Waals surface area contributed by atoms with Gasteiger partial charge in [0, 0.05) is 11.6 Å². The van der Waals surface area contributed by atoms with Gasteiger partial charge in [0.1, 0.15) is 0 Å². The molecule has 2 N–H and O–H groups in total. The molecule has 0 aliphatic carbocycles. The summed E-state index contributed by atoms with van der Waals surface area (Å²) in [4.78, 5) is 12.1. The highest BCUT2D eigenvalue weighted by Crippen LogP contribution is 2.22. The second kappa shape index (κ2) is 6.21. The minimum absolute atomic E-state index is 0.0480. The quantitative estimate of drug-likeness (QED) is 0.883. The number of halogens is 1. The topological polar surface area (TPSA) is 41.1 Å². The zero-order chi connectivity index (χ0) is 13.0. The Morgan fingerprint density at radius 2 is 2.28 bits per heavy atom. The highest BCUT2D eigenvalue weighted by molar-refractivity contribution is 6.31. The molecule has 1 unspecified atom stereocenters. The van der Waals surface area contributed by atoms with Crippen LogP contribution in [-0.4, -0.2) is 19.0 Å². The van der Waals surface area contributed by atoms with Crippen LogP contribution < -0.4 is 10.6 Å². The maximum absolute atomic E-state index is 12.1. The van der Waals surface area contributed by atoms with Gasteiger partial charge in [-0.1, -0.05) is 29.8 Å². The molecule has 1 aliphatic rings. The van der Waals surface area contributed by atoms with Gasteiger partial charge in [0.05, 0.1) is 12.0 Å². The Bertz CT molecular complexity index is 416. The number of carbonyl (C=O) groups excluding carboxylic acids is 1. The van der Waals surface area contributed by atoms with Crippen LogP contribution in [0.4, 0.5) is 0 Å². The average Bonchev–Trinajstić information content (AvgIpc) is 2.40. The van der Waals surface area contributed by atoms with Crippen LogP contribution in [0.3, 0.4) is 0 Å². The molecule has 1 aromatic rings. The number of hydrogen-bond donors (Lipinski definition) is 2. The Morgan fingerprint density at radius 3 is 2.94 bits per heavy atom. The van der Waals surface area contributed by atoms with Crippen LogP contribution in [-0.2, 0) is 4.79 Å². The highest BCUT2D eigenvalue weighted by Gasteiger charge is 2.22. The number of piperidine rings is 1. The van der Waals surface area contributed by atoms with Crippen LogP contribution in [0, 0.1) is 5.92 Å². The summed E-state index contributed by atoms with van der Waals surface area (Å²) >= 11 is 6.12. The van der Waals surface area contributed by atoms with Gasteiger partial charge in [0.15, 0.2) is 0 Å². The summed E-state index contributed by atoms with van der Waals surface area (Å²) in [5, 5.41) is 7.00. The fourth-order valence-corrected chi connectivity index (χ4v) is 2.61. The number of nitrogens with one attached hydrogen (secondary N) is 2. The molecule has 1 fully saturated rings. The molecule has 1 aromatic carbocycles. The van der Waals surface area contributed by atoms with Crippen LogP contribution >= 0.6 is 11.6 Å². The molecule has 4 heteroatoms. The molecule has 2 atom stereocenters. The lowest BCUT2D eigenvalue weighted by Crippen LogP contribution is -2.41. The highest BCUT2D eigenvalue weighted by atomic mass is 35.5. The van der Waals surface area contributed by atoms with E-state index in [0.29, 0.717) is 5.02 Å². The first kappa shape index (κ1) is 13.4. The van der Waals surface area contributed by atoms with Gasteiger partial charge in [-0.15, -0.1) is 0 Å². The first-order valence-corrected chi connectivity index (χ1v) is 6.82. The van der Waals surface area contributed by atoms with Gasteiger partial charge in [-0.2, -0.15) is 0 Å².